The maximum atomic E-state index is 11.6. The maximum Gasteiger partial charge on any atom is 0.217 e. The first-order valence-corrected chi connectivity index (χ1v) is 5.47. The smallest absolute Gasteiger partial charge is 0.217 e. The predicted octanol–water partition coefficient (Wildman–Crippen LogP) is 0.0769. The van der Waals surface area contributed by atoms with Crippen LogP contribution >= 0.6 is 0 Å². The van der Waals surface area contributed by atoms with Crippen LogP contribution in [0.1, 0.15) is 20.3 Å². The van der Waals surface area contributed by atoms with Gasteiger partial charge in [-0.2, -0.15) is 0 Å². The number of rotatable bonds is 6. The molecule has 1 aliphatic heterocycles. The largest absolute Gasteiger partial charge is 0.390 e. The van der Waals surface area contributed by atoms with Crippen LogP contribution in [0.15, 0.2) is 0 Å². The van der Waals surface area contributed by atoms with Crippen LogP contribution in [0.4, 0.5) is 0 Å². The van der Waals surface area contributed by atoms with Gasteiger partial charge in [-0.3, -0.25) is 4.79 Å². The lowest BCUT2D eigenvalue weighted by atomic mass is 10.1. The number of Topliss-reactive ketones (excluding diaryl/α,β-unsaturated/α-hetero) is 1. The molecule has 0 aliphatic carbocycles. The number of hydrogen-bond donors (Lipinski definition) is 1. The summed E-state index contributed by atoms with van der Waals surface area (Å²) in [5.41, 5.74) is 0. The third-order valence-corrected chi connectivity index (χ3v) is 2.56. The van der Waals surface area contributed by atoms with E-state index in [-0.39, 0.29) is 18.8 Å². The Labute approximate surface area is 101 Å². The number of hydrogen-bond acceptors (Lipinski definition) is 6. The molecule has 1 fully saturated rings. The lowest BCUT2D eigenvalue weighted by Crippen LogP contribution is -2.36. The number of ether oxygens (including phenoxy) is 4. The summed E-state index contributed by atoms with van der Waals surface area (Å²) in [6.07, 6.45) is -2.45. The number of aliphatic hydroxyl groups is 1. The Hall–Kier alpha value is -0.530. The lowest BCUT2D eigenvalue weighted by Gasteiger charge is -2.21. The van der Waals surface area contributed by atoms with E-state index in [4.69, 9.17) is 18.9 Å². The van der Waals surface area contributed by atoms with Gasteiger partial charge < -0.3 is 24.1 Å². The standard InChI is InChI=1S/C11H20O6/c1-11(2)16-6-9(17-11)7(12)5-8(13)10(14-3)15-4/h7,9-10,12H,5-6H2,1-4H3/t7-,9-/m1/s1. The Morgan fingerprint density at radius 1 is 1.47 bits per heavy atom. The zero-order chi connectivity index (χ0) is 13.1. The normalized spacial score (nSPS) is 25.2. The number of ketones is 1. The van der Waals surface area contributed by atoms with E-state index in [0.717, 1.165) is 0 Å². The van der Waals surface area contributed by atoms with Crippen LogP contribution in [0.5, 0.6) is 0 Å². The van der Waals surface area contributed by atoms with Gasteiger partial charge in [0, 0.05) is 20.6 Å². The van der Waals surface area contributed by atoms with Crippen molar-refractivity contribution < 1.29 is 28.8 Å². The van der Waals surface area contributed by atoms with Gasteiger partial charge in [0.05, 0.1) is 12.7 Å². The van der Waals surface area contributed by atoms with Gasteiger partial charge in [-0.05, 0) is 13.8 Å². The molecule has 6 heteroatoms. The van der Waals surface area contributed by atoms with Crippen molar-refractivity contribution in [2.24, 2.45) is 0 Å². The first-order valence-electron chi connectivity index (χ1n) is 5.47. The highest BCUT2D eigenvalue weighted by atomic mass is 16.7. The summed E-state index contributed by atoms with van der Waals surface area (Å²) in [7, 11) is 2.74. The highest BCUT2D eigenvalue weighted by molar-refractivity contribution is 5.82. The molecule has 1 rings (SSSR count). The van der Waals surface area contributed by atoms with Crippen molar-refractivity contribution in [1.82, 2.24) is 0 Å². The highest BCUT2D eigenvalue weighted by Crippen LogP contribution is 2.25. The minimum absolute atomic E-state index is 0.0869. The molecule has 6 nitrogen and oxygen atoms in total. The summed E-state index contributed by atoms with van der Waals surface area (Å²) >= 11 is 0. The lowest BCUT2D eigenvalue weighted by molar-refractivity contribution is -0.166. The van der Waals surface area contributed by atoms with Crippen LogP contribution in [0, 0.1) is 0 Å². The summed E-state index contributed by atoms with van der Waals surface area (Å²) in [6.45, 7) is 3.79. The van der Waals surface area contributed by atoms with E-state index in [1.165, 1.54) is 14.2 Å². The molecule has 1 N–H and O–H groups in total. The SMILES string of the molecule is COC(OC)C(=O)C[C@@H](O)[C@H]1COC(C)(C)O1. The molecule has 0 aromatic carbocycles. The number of carbonyl (C=O) groups excluding carboxylic acids is 1. The quantitative estimate of drug-likeness (QED) is 0.671. The molecule has 1 heterocycles. The summed E-state index contributed by atoms with van der Waals surface area (Å²) in [5.74, 6) is -1.04. The third-order valence-electron chi connectivity index (χ3n) is 2.56. The van der Waals surface area contributed by atoms with Gasteiger partial charge in [0.2, 0.25) is 6.29 Å². The summed E-state index contributed by atoms with van der Waals surface area (Å²) in [6, 6.07) is 0. The minimum Gasteiger partial charge on any atom is -0.390 e. The average molecular weight is 248 g/mol. The van der Waals surface area contributed by atoms with Gasteiger partial charge in [-0.1, -0.05) is 0 Å². The molecule has 0 amide bonds. The summed E-state index contributed by atoms with van der Waals surface area (Å²) in [4.78, 5) is 11.6. The molecular weight excluding hydrogens is 228 g/mol. The van der Waals surface area contributed by atoms with Gasteiger partial charge >= 0.3 is 0 Å². The molecule has 17 heavy (non-hydrogen) atoms. The Bertz CT molecular complexity index is 261. The minimum atomic E-state index is -0.944. The van der Waals surface area contributed by atoms with Crippen LogP contribution in [0.2, 0.25) is 0 Å². The first-order chi connectivity index (χ1) is 7.89. The monoisotopic (exact) mass is 248 g/mol. The van der Waals surface area contributed by atoms with Crippen LogP contribution < -0.4 is 0 Å². The fourth-order valence-corrected chi connectivity index (χ4v) is 1.70. The zero-order valence-electron chi connectivity index (χ0n) is 10.6. The molecule has 100 valence electrons. The molecule has 0 unspecified atom stereocenters. The molecule has 0 aromatic heterocycles. The van der Waals surface area contributed by atoms with Crippen molar-refractivity contribution in [3.63, 3.8) is 0 Å². The second-order valence-electron chi connectivity index (χ2n) is 4.41. The van der Waals surface area contributed by atoms with Gasteiger partial charge in [0.15, 0.2) is 11.6 Å². The molecule has 0 aromatic rings. The molecule has 0 bridgehead atoms. The van der Waals surface area contributed by atoms with Gasteiger partial charge in [0.1, 0.15) is 6.10 Å². The Kier molecular flexibility index (Phi) is 5.03. The van der Waals surface area contributed by atoms with Crippen molar-refractivity contribution in [3.8, 4) is 0 Å². The van der Waals surface area contributed by atoms with Gasteiger partial charge in [-0.15, -0.1) is 0 Å². The van der Waals surface area contributed by atoms with E-state index in [2.05, 4.69) is 0 Å². The van der Waals surface area contributed by atoms with Crippen LogP contribution in [-0.2, 0) is 23.7 Å². The fourth-order valence-electron chi connectivity index (χ4n) is 1.70. The number of methoxy groups -OCH3 is 2. The van der Waals surface area contributed by atoms with Crippen molar-refractivity contribution in [2.45, 2.75) is 44.6 Å². The zero-order valence-corrected chi connectivity index (χ0v) is 10.6. The third kappa shape index (κ3) is 4.01. The van der Waals surface area contributed by atoms with E-state index in [1.54, 1.807) is 13.8 Å². The average Bonchev–Trinajstić information content (AvgIpc) is 2.60. The number of aliphatic hydroxyl groups excluding tert-OH is 1. The predicted molar refractivity (Wildman–Crippen MR) is 58.3 cm³/mol. The van der Waals surface area contributed by atoms with Crippen molar-refractivity contribution in [2.75, 3.05) is 20.8 Å². The Morgan fingerprint density at radius 3 is 2.47 bits per heavy atom. The molecule has 2 atom stereocenters. The topological polar surface area (TPSA) is 74.2 Å². The van der Waals surface area contributed by atoms with E-state index >= 15 is 0 Å². The number of carbonyl (C=O) groups is 1. The Balaban J connectivity index is 2.44. The fraction of sp³-hybridized carbons (Fsp3) is 0.909. The van der Waals surface area contributed by atoms with E-state index in [9.17, 15) is 9.90 Å². The molecule has 0 spiro atoms. The van der Waals surface area contributed by atoms with Crippen LogP contribution in [0.3, 0.4) is 0 Å². The molecule has 1 aliphatic rings. The van der Waals surface area contributed by atoms with E-state index < -0.39 is 24.3 Å². The van der Waals surface area contributed by atoms with Crippen LogP contribution in [0.25, 0.3) is 0 Å². The van der Waals surface area contributed by atoms with Crippen LogP contribution in [-0.4, -0.2) is 56.0 Å². The Morgan fingerprint density at radius 2 is 2.06 bits per heavy atom. The summed E-state index contributed by atoms with van der Waals surface area (Å²) < 4.78 is 20.4. The van der Waals surface area contributed by atoms with Crippen molar-refractivity contribution in [1.29, 1.82) is 0 Å². The second-order valence-corrected chi connectivity index (χ2v) is 4.41. The van der Waals surface area contributed by atoms with E-state index in [1.807, 2.05) is 0 Å². The molecular formula is C11H20O6. The second kappa shape index (κ2) is 5.88. The maximum absolute atomic E-state index is 11.6. The van der Waals surface area contributed by atoms with E-state index in [0.29, 0.717) is 0 Å². The molecule has 1 saturated heterocycles. The van der Waals surface area contributed by atoms with Gasteiger partial charge in [-0.25, -0.2) is 0 Å². The summed E-state index contributed by atoms with van der Waals surface area (Å²) in [5, 5.41) is 9.85. The first kappa shape index (κ1) is 14.5. The van der Waals surface area contributed by atoms with Crippen molar-refractivity contribution >= 4 is 5.78 Å². The van der Waals surface area contributed by atoms with Crippen molar-refractivity contribution in [3.05, 3.63) is 0 Å². The molecule has 0 radical (unpaired) electrons. The highest BCUT2D eigenvalue weighted by Gasteiger charge is 2.38. The van der Waals surface area contributed by atoms with Gasteiger partial charge in [0.25, 0.3) is 0 Å². The molecule has 0 saturated carbocycles.